The maximum Gasteiger partial charge on any atom is 0.253 e. The molecule has 0 saturated carbocycles. The van der Waals surface area contributed by atoms with E-state index in [1.807, 2.05) is 30.3 Å². The van der Waals surface area contributed by atoms with Crippen molar-refractivity contribution < 1.29 is 9.53 Å². The summed E-state index contributed by atoms with van der Waals surface area (Å²) in [6, 6.07) is 16.9. The van der Waals surface area contributed by atoms with Crippen LogP contribution < -0.4 is 5.32 Å². The van der Waals surface area contributed by atoms with Crippen molar-refractivity contribution in [2.75, 3.05) is 11.9 Å². The first kappa shape index (κ1) is 19.7. The molecule has 1 amide bonds. The Morgan fingerprint density at radius 1 is 1.35 bits per heavy atom. The largest absolute Gasteiger partial charge is 0.368 e. The number of anilines is 1. The summed E-state index contributed by atoms with van der Waals surface area (Å²) in [5, 5.41) is 12.8. The summed E-state index contributed by atoms with van der Waals surface area (Å²) >= 11 is 6.37. The predicted octanol–water partition coefficient (Wildman–Crippen LogP) is 4.92. The van der Waals surface area contributed by atoms with Crippen LogP contribution in [0.4, 0.5) is 5.69 Å². The van der Waals surface area contributed by atoms with Crippen molar-refractivity contribution in [1.82, 2.24) is 0 Å². The summed E-state index contributed by atoms with van der Waals surface area (Å²) in [5.41, 5.74) is 2.14. The number of hydrogen-bond acceptors (Lipinski definition) is 3. The lowest BCUT2D eigenvalue weighted by molar-refractivity contribution is -0.126. The van der Waals surface area contributed by atoms with Gasteiger partial charge in [-0.25, -0.2) is 0 Å². The molecule has 0 saturated heterocycles. The molecule has 0 bridgehead atoms. The van der Waals surface area contributed by atoms with Crippen LogP contribution in [-0.4, -0.2) is 18.6 Å². The van der Waals surface area contributed by atoms with Gasteiger partial charge in [-0.05, 0) is 36.6 Å². The number of ether oxygens (including phenoxy) is 1. The third-order valence-corrected chi connectivity index (χ3v) is 4.23. The predicted molar refractivity (Wildman–Crippen MR) is 104 cm³/mol. The van der Waals surface area contributed by atoms with E-state index >= 15 is 0 Å². The molecule has 134 valence electrons. The average molecular weight is 369 g/mol. The van der Waals surface area contributed by atoms with Gasteiger partial charge in [-0.3, -0.25) is 4.79 Å². The zero-order valence-electron chi connectivity index (χ0n) is 14.6. The molecule has 0 aliphatic rings. The molecule has 4 nitrogen and oxygen atoms in total. The van der Waals surface area contributed by atoms with E-state index in [-0.39, 0.29) is 5.91 Å². The van der Waals surface area contributed by atoms with E-state index in [0.29, 0.717) is 29.3 Å². The van der Waals surface area contributed by atoms with Crippen LogP contribution in [0.1, 0.15) is 30.4 Å². The van der Waals surface area contributed by atoms with Gasteiger partial charge in [-0.2, -0.15) is 5.26 Å². The minimum absolute atomic E-state index is 0.252. The Morgan fingerprint density at radius 2 is 2.08 bits per heavy atom. The number of benzene rings is 2. The van der Waals surface area contributed by atoms with E-state index in [9.17, 15) is 10.1 Å². The van der Waals surface area contributed by atoms with Gasteiger partial charge in [-0.1, -0.05) is 54.1 Å². The second kappa shape index (κ2) is 9.76. The van der Waals surface area contributed by atoms with Crippen molar-refractivity contribution in [3.8, 4) is 6.07 Å². The number of hydrogen-bond donors (Lipinski definition) is 1. The molecule has 2 aromatic rings. The van der Waals surface area contributed by atoms with Crippen molar-refractivity contribution in [3.05, 3.63) is 77.3 Å². The van der Waals surface area contributed by atoms with Gasteiger partial charge in [0, 0.05) is 10.7 Å². The highest BCUT2D eigenvalue weighted by atomic mass is 35.5. The van der Waals surface area contributed by atoms with Crippen LogP contribution in [0.25, 0.3) is 0 Å². The Bertz CT molecular complexity index is 799. The Balaban J connectivity index is 2.10. The number of carbonyl (C=O) groups excluding carboxylic acids is 1. The topological polar surface area (TPSA) is 62.1 Å². The Hall–Kier alpha value is -2.61. The van der Waals surface area contributed by atoms with E-state index in [1.165, 1.54) is 0 Å². The van der Waals surface area contributed by atoms with Crippen LogP contribution in [0.5, 0.6) is 0 Å². The molecule has 2 rings (SSSR count). The summed E-state index contributed by atoms with van der Waals surface area (Å²) < 4.78 is 5.42. The van der Waals surface area contributed by atoms with Crippen LogP contribution in [0.3, 0.4) is 0 Å². The normalized spacial score (nSPS) is 12.7. The van der Waals surface area contributed by atoms with Gasteiger partial charge in [0.05, 0.1) is 18.6 Å². The standard InChI is InChI=1S/C21H21ClN2O2/c1-3-4-12-26-15(2)21(25)24-17-10-11-18(20(22)13-17)19(14-23)16-8-6-5-7-9-16/h3,5-11,13,15,19H,1,4,12H2,2H3,(H,24,25). The highest BCUT2D eigenvalue weighted by Gasteiger charge is 2.18. The fraction of sp³-hybridized carbons (Fsp3) is 0.238. The summed E-state index contributed by atoms with van der Waals surface area (Å²) in [6.07, 6.45) is 1.85. The van der Waals surface area contributed by atoms with E-state index in [2.05, 4.69) is 18.0 Å². The fourth-order valence-electron chi connectivity index (χ4n) is 2.46. The molecule has 2 unspecified atom stereocenters. The van der Waals surface area contributed by atoms with Gasteiger partial charge in [-0.15, -0.1) is 6.58 Å². The molecular formula is C21H21ClN2O2. The number of nitrogens with one attached hydrogen (secondary N) is 1. The van der Waals surface area contributed by atoms with Crippen LogP contribution in [0, 0.1) is 11.3 Å². The summed E-state index contributed by atoms with van der Waals surface area (Å²) in [4.78, 5) is 12.2. The van der Waals surface area contributed by atoms with Gasteiger partial charge in [0.2, 0.25) is 0 Å². The molecule has 2 aromatic carbocycles. The molecule has 0 spiro atoms. The smallest absolute Gasteiger partial charge is 0.253 e. The minimum Gasteiger partial charge on any atom is -0.368 e. The van der Waals surface area contributed by atoms with Crippen LogP contribution in [0.2, 0.25) is 5.02 Å². The highest BCUT2D eigenvalue weighted by Crippen LogP contribution is 2.31. The number of amides is 1. The molecule has 0 radical (unpaired) electrons. The lowest BCUT2D eigenvalue weighted by Crippen LogP contribution is -2.28. The van der Waals surface area contributed by atoms with Gasteiger partial charge in [0.15, 0.2) is 0 Å². The van der Waals surface area contributed by atoms with Gasteiger partial charge in [0.25, 0.3) is 5.91 Å². The molecule has 0 fully saturated rings. The first-order chi connectivity index (χ1) is 12.6. The van der Waals surface area contributed by atoms with Crippen LogP contribution >= 0.6 is 11.6 Å². The van der Waals surface area contributed by atoms with Crippen LogP contribution in [-0.2, 0) is 9.53 Å². The average Bonchev–Trinajstić information content (AvgIpc) is 2.65. The van der Waals surface area contributed by atoms with Gasteiger partial charge in [0.1, 0.15) is 6.10 Å². The zero-order valence-corrected chi connectivity index (χ0v) is 15.4. The molecule has 0 aromatic heterocycles. The molecule has 0 aliphatic heterocycles. The van der Waals surface area contributed by atoms with Crippen molar-refractivity contribution in [2.45, 2.75) is 25.4 Å². The second-order valence-corrected chi connectivity index (χ2v) is 6.20. The molecule has 1 N–H and O–H groups in total. The Morgan fingerprint density at radius 3 is 2.69 bits per heavy atom. The van der Waals surface area contributed by atoms with E-state index in [1.54, 1.807) is 31.2 Å². The Kier molecular flexibility index (Phi) is 7.40. The first-order valence-electron chi connectivity index (χ1n) is 8.34. The maximum atomic E-state index is 12.2. The lowest BCUT2D eigenvalue weighted by Gasteiger charge is -2.15. The molecular weight excluding hydrogens is 348 g/mol. The number of rotatable bonds is 8. The Labute approximate surface area is 159 Å². The van der Waals surface area contributed by atoms with Crippen molar-refractivity contribution in [1.29, 1.82) is 5.26 Å². The van der Waals surface area contributed by atoms with Gasteiger partial charge < -0.3 is 10.1 Å². The molecule has 2 atom stereocenters. The maximum absolute atomic E-state index is 12.2. The fourth-order valence-corrected chi connectivity index (χ4v) is 2.75. The third kappa shape index (κ3) is 5.19. The van der Waals surface area contributed by atoms with Crippen molar-refractivity contribution in [2.24, 2.45) is 0 Å². The molecule has 0 aliphatic carbocycles. The SMILES string of the molecule is C=CCCOC(C)C(=O)Nc1ccc(C(C#N)c2ccccc2)c(Cl)c1. The first-order valence-corrected chi connectivity index (χ1v) is 8.72. The van der Waals surface area contributed by atoms with Crippen molar-refractivity contribution >= 4 is 23.2 Å². The summed E-state index contributed by atoms with van der Waals surface area (Å²) in [6.45, 7) is 5.75. The third-order valence-electron chi connectivity index (χ3n) is 3.90. The number of carbonyl (C=O) groups is 1. The van der Waals surface area contributed by atoms with Gasteiger partial charge >= 0.3 is 0 Å². The highest BCUT2D eigenvalue weighted by molar-refractivity contribution is 6.31. The molecule has 26 heavy (non-hydrogen) atoms. The molecule has 0 heterocycles. The summed E-state index contributed by atoms with van der Waals surface area (Å²) in [5.74, 6) is -0.715. The lowest BCUT2D eigenvalue weighted by atomic mass is 9.92. The quantitative estimate of drug-likeness (QED) is 0.531. The van der Waals surface area contributed by atoms with E-state index in [4.69, 9.17) is 16.3 Å². The van der Waals surface area contributed by atoms with E-state index in [0.717, 1.165) is 5.56 Å². The monoisotopic (exact) mass is 368 g/mol. The second-order valence-electron chi connectivity index (χ2n) is 5.79. The zero-order chi connectivity index (χ0) is 18.9. The summed E-state index contributed by atoms with van der Waals surface area (Å²) in [7, 11) is 0. The minimum atomic E-state index is -0.579. The van der Waals surface area contributed by atoms with Crippen LogP contribution in [0.15, 0.2) is 61.2 Å². The number of nitriles is 1. The molecule has 5 heteroatoms. The number of halogens is 1. The van der Waals surface area contributed by atoms with E-state index < -0.39 is 12.0 Å². The van der Waals surface area contributed by atoms with Crippen molar-refractivity contribution in [3.63, 3.8) is 0 Å². The number of nitrogens with zero attached hydrogens (tertiary/aromatic N) is 1.